The maximum Gasteiger partial charge on any atom is 0.305 e. The Hall–Kier alpha value is -4.02. The van der Waals surface area contributed by atoms with E-state index in [0.717, 1.165) is 51.4 Å². The van der Waals surface area contributed by atoms with Gasteiger partial charge >= 0.3 is 11.9 Å². The molecule has 0 saturated carbocycles. The summed E-state index contributed by atoms with van der Waals surface area (Å²) in [5.74, 6) is 11.9. The molecule has 4 nitrogen and oxygen atoms in total. The van der Waals surface area contributed by atoms with E-state index in [1.807, 2.05) is 0 Å². The molecule has 0 atom stereocenters. The summed E-state index contributed by atoms with van der Waals surface area (Å²) in [5.41, 5.74) is 0. The van der Waals surface area contributed by atoms with Crippen molar-refractivity contribution in [1.29, 1.82) is 0 Å². The van der Waals surface area contributed by atoms with Gasteiger partial charge in [-0.1, -0.05) is 124 Å². The van der Waals surface area contributed by atoms with E-state index in [1.165, 1.54) is 85.1 Å². The molecule has 0 heterocycles. The number of hydrogen-bond donors (Lipinski definition) is 0. The Bertz CT molecular complexity index is 1370. The fraction of sp³-hybridized carbons (Fsp3) is 0.450. The third-order valence-electron chi connectivity index (χ3n) is 7.95. The van der Waals surface area contributed by atoms with Gasteiger partial charge < -0.3 is 9.47 Å². The first-order chi connectivity index (χ1) is 21.6. The molecule has 0 aliphatic heterocycles. The highest BCUT2D eigenvalue weighted by Crippen LogP contribution is 2.33. The minimum Gasteiger partial charge on any atom is -0.469 e. The summed E-state index contributed by atoms with van der Waals surface area (Å²) in [7, 11) is 2.88. The van der Waals surface area contributed by atoms with E-state index < -0.39 is 0 Å². The van der Waals surface area contributed by atoms with Gasteiger partial charge in [0.15, 0.2) is 0 Å². The molecule has 0 radical (unpaired) electrons. The van der Waals surface area contributed by atoms with Crippen LogP contribution < -0.4 is 0 Å². The zero-order valence-corrected chi connectivity index (χ0v) is 26.7. The first-order valence-electron chi connectivity index (χ1n) is 16.4. The molecule has 0 aliphatic carbocycles. The molecule has 4 rings (SSSR count). The third-order valence-corrected chi connectivity index (χ3v) is 7.95. The summed E-state index contributed by atoms with van der Waals surface area (Å²) in [6, 6.07) is 21.9. The van der Waals surface area contributed by atoms with Gasteiger partial charge in [0.25, 0.3) is 0 Å². The molecule has 232 valence electrons. The Morgan fingerprint density at radius 2 is 0.795 bits per heavy atom. The summed E-state index contributed by atoms with van der Waals surface area (Å²) in [6.07, 6.45) is 16.4. The van der Waals surface area contributed by atoms with Crippen LogP contribution in [0.15, 0.2) is 60.7 Å². The lowest BCUT2D eigenvalue weighted by atomic mass is 9.95. The topological polar surface area (TPSA) is 52.6 Å². The molecule has 4 heteroatoms. The Labute approximate surface area is 264 Å². The minimum absolute atomic E-state index is 0.108. The van der Waals surface area contributed by atoms with Gasteiger partial charge in [-0.25, -0.2) is 0 Å². The zero-order chi connectivity index (χ0) is 31.2. The van der Waals surface area contributed by atoms with Crippen LogP contribution in [0.1, 0.15) is 103 Å². The molecule has 0 unspecified atom stereocenters. The van der Waals surface area contributed by atoms with Crippen molar-refractivity contribution < 1.29 is 19.1 Å². The maximum absolute atomic E-state index is 11.0. The second-order valence-electron chi connectivity index (χ2n) is 11.3. The van der Waals surface area contributed by atoms with Gasteiger partial charge in [-0.3, -0.25) is 9.59 Å². The van der Waals surface area contributed by atoms with Crippen molar-refractivity contribution >= 4 is 44.3 Å². The molecule has 0 spiro atoms. The van der Waals surface area contributed by atoms with Crippen molar-refractivity contribution in [1.82, 2.24) is 0 Å². The fourth-order valence-electron chi connectivity index (χ4n) is 5.47. The summed E-state index contributed by atoms with van der Waals surface area (Å²) < 4.78 is 9.24. The number of unbranched alkanes of at least 4 members (excludes halogenated alkanes) is 12. The molecule has 4 aromatic carbocycles. The Morgan fingerprint density at radius 3 is 1.14 bits per heavy atom. The molecule has 0 aromatic heterocycles. The van der Waals surface area contributed by atoms with Crippen LogP contribution in [0.3, 0.4) is 0 Å². The van der Waals surface area contributed by atoms with Crippen LogP contribution in [0, 0.1) is 23.7 Å². The Kier molecular flexibility index (Phi) is 16.3. The number of ether oxygens (including phenoxy) is 2. The third kappa shape index (κ3) is 12.3. The summed E-state index contributed by atoms with van der Waals surface area (Å²) in [4.78, 5) is 21.9. The van der Waals surface area contributed by atoms with Crippen LogP contribution in [0.2, 0.25) is 0 Å². The van der Waals surface area contributed by atoms with Crippen LogP contribution in [-0.2, 0) is 19.1 Å². The Balaban J connectivity index is 0.000000272. The second kappa shape index (κ2) is 20.8. The van der Waals surface area contributed by atoms with Gasteiger partial charge in [-0.15, -0.1) is 0 Å². The minimum atomic E-state index is -0.108. The standard InChI is InChI=1S/C24H38O4.C16H10/c1-27-23(25)21-19-17-15-13-11-9-7-5-3-4-6-8-10-12-14-16-18-20-22-24(26)28-2;1-3-11-7-9-13-5-2-6-14-10-8-12(4-1)15(11)16(13)14/h7-22H2,1-2H3;1-10H. The number of rotatable bonds is 16. The molecule has 0 fully saturated rings. The predicted octanol–water partition coefficient (Wildman–Crippen LogP) is 10.2. The van der Waals surface area contributed by atoms with Crippen LogP contribution in [0.5, 0.6) is 0 Å². The number of carbonyl (C=O) groups is 2. The van der Waals surface area contributed by atoms with E-state index in [1.54, 1.807) is 0 Å². The van der Waals surface area contributed by atoms with Crippen molar-refractivity contribution in [3.8, 4) is 23.7 Å². The fourth-order valence-corrected chi connectivity index (χ4v) is 5.47. The largest absolute Gasteiger partial charge is 0.469 e. The van der Waals surface area contributed by atoms with E-state index in [0.29, 0.717) is 12.8 Å². The van der Waals surface area contributed by atoms with Crippen molar-refractivity contribution in [3.05, 3.63) is 60.7 Å². The van der Waals surface area contributed by atoms with E-state index in [9.17, 15) is 9.59 Å². The molecule has 0 bridgehead atoms. The van der Waals surface area contributed by atoms with Gasteiger partial charge in [-0.2, -0.15) is 0 Å². The van der Waals surface area contributed by atoms with Gasteiger partial charge in [-0.05, 0) is 69.8 Å². The lowest BCUT2D eigenvalue weighted by Crippen LogP contribution is -1.99. The first kappa shape index (κ1) is 34.5. The molecule has 0 N–H and O–H groups in total. The van der Waals surface area contributed by atoms with Crippen LogP contribution >= 0.6 is 0 Å². The zero-order valence-electron chi connectivity index (χ0n) is 26.7. The van der Waals surface area contributed by atoms with E-state index in [-0.39, 0.29) is 11.9 Å². The van der Waals surface area contributed by atoms with Crippen LogP contribution in [0.25, 0.3) is 32.3 Å². The molecule has 4 aromatic rings. The predicted molar refractivity (Wildman–Crippen MR) is 184 cm³/mol. The average Bonchev–Trinajstić information content (AvgIpc) is 3.06. The lowest BCUT2D eigenvalue weighted by molar-refractivity contribution is -0.141. The van der Waals surface area contributed by atoms with Crippen LogP contribution in [-0.4, -0.2) is 26.2 Å². The molecule has 0 saturated heterocycles. The molecule has 44 heavy (non-hydrogen) atoms. The van der Waals surface area contributed by atoms with Crippen molar-refractivity contribution in [2.24, 2.45) is 0 Å². The second-order valence-corrected chi connectivity index (χ2v) is 11.3. The number of carbonyl (C=O) groups excluding carboxylic acids is 2. The SMILES string of the molecule is COC(=O)CCCCCCCCC#CC#CCCCCCCCCC(=O)OC.c1cc2ccc3cccc4ccc(c1)c2c34. The maximum atomic E-state index is 11.0. The van der Waals surface area contributed by atoms with Crippen molar-refractivity contribution in [2.45, 2.75) is 103 Å². The molecular formula is C40H48O4. The van der Waals surface area contributed by atoms with E-state index in [2.05, 4.69) is 93.8 Å². The Morgan fingerprint density at radius 1 is 0.477 bits per heavy atom. The highest BCUT2D eigenvalue weighted by Gasteiger charge is 2.06. The van der Waals surface area contributed by atoms with Gasteiger partial charge in [0.2, 0.25) is 0 Å². The van der Waals surface area contributed by atoms with Crippen molar-refractivity contribution in [2.75, 3.05) is 14.2 Å². The van der Waals surface area contributed by atoms with Crippen LogP contribution in [0.4, 0.5) is 0 Å². The van der Waals surface area contributed by atoms with E-state index in [4.69, 9.17) is 0 Å². The van der Waals surface area contributed by atoms with Gasteiger partial charge in [0.1, 0.15) is 0 Å². The first-order valence-corrected chi connectivity index (χ1v) is 16.4. The van der Waals surface area contributed by atoms with Gasteiger partial charge in [0.05, 0.1) is 14.2 Å². The van der Waals surface area contributed by atoms with E-state index >= 15 is 0 Å². The van der Waals surface area contributed by atoms with Crippen molar-refractivity contribution in [3.63, 3.8) is 0 Å². The number of hydrogen-bond acceptors (Lipinski definition) is 4. The number of methoxy groups -OCH3 is 2. The number of benzene rings is 4. The summed E-state index contributed by atoms with van der Waals surface area (Å²) in [5, 5.41) is 8.14. The highest BCUT2D eigenvalue weighted by molar-refractivity contribution is 6.22. The normalized spacial score (nSPS) is 10.4. The monoisotopic (exact) mass is 592 g/mol. The smallest absolute Gasteiger partial charge is 0.305 e. The molecular weight excluding hydrogens is 544 g/mol. The number of esters is 2. The molecule has 0 amide bonds. The average molecular weight is 593 g/mol. The molecule has 0 aliphatic rings. The quantitative estimate of drug-likeness (QED) is 0.0562. The summed E-state index contributed by atoms with van der Waals surface area (Å²) >= 11 is 0. The lowest BCUT2D eigenvalue weighted by Gasteiger charge is -2.09. The summed E-state index contributed by atoms with van der Waals surface area (Å²) in [6.45, 7) is 0. The van der Waals surface area contributed by atoms with Gasteiger partial charge in [0, 0.05) is 25.7 Å². The highest BCUT2D eigenvalue weighted by atomic mass is 16.5.